The molecule has 0 bridgehead atoms. The predicted molar refractivity (Wildman–Crippen MR) is 180 cm³/mol. The number of fused-ring (bicyclic) bond motifs is 9. The van der Waals surface area contributed by atoms with E-state index in [1.165, 1.54) is 54.0 Å². The molecule has 2 N–H and O–H groups in total. The molecule has 0 atom stereocenters. The Morgan fingerprint density at radius 2 is 1.21 bits per heavy atom. The maximum atomic E-state index is 10.1. The zero-order valence-corrected chi connectivity index (χ0v) is 27.0. The third-order valence-electron chi connectivity index (χ3n) is 8.06. The smallest absolute Gasteiger partial charge is 0.110 e. The molecule has 0 spiro atoms. The first kappa shape index (κ1) is 27.3. The third kappa shape index (κ3) is 4.39. The standard InChI is InChI=1S/C24H16N2.C13H10NOS.W/c1-4-10-21-17(7-1)18-14-13-16(15-22(18)25-21)26-23-11-5-2-8-19(23)20-9-3-6-12-24(20)26;1-14-9-6-7-11-12(13(9)15)8-4-2-3-5-10(8)16-11;/h1-15,25H;2-7,15H,1H3;/q;-1;. The van der Waals surface area contributed by atoms with Crippen molar-refractivity contribution in [1.82, 2.24) is 9.55 Å². The fraction of sp³-hybridized carbons (Fsp3) is 0.0270. The van der Waals surface area contributed by atoms with E-state index in [2.05, 4.69) is 112 Å². The number of aromatic nitrogens is 2. The van der Waals surface area contributed by atoms with Gasteiger partial charge >= 0.3 is 0 Å². The van der Waals surface area contributed by atoms with Gasteiger partial charge in [-0.2, -0.15) is 0 Å². The van der Waals surface area contributed by atoms with Gasteiger partial charge < -0.3 is 20.0 Å². The number of thiophene rings is 1. The Labute approximate surface area is 266 Å². The second kappa shape index (κ2) is 10.9. The first-order valence-electron chi connectivity index (χ1n) is 13.9. The van der Waals surface area contributed by atoms with Crippen LogP contribution in [-0.4, -0.2) is 21.7 Å². The Morgan fingerprint density at radius 1 is 0.605 bits per heavy atom. The first-order valence-corrected chi connectivity index (χ1v) is 14.7. The molecule has 9 aromatic rings. The van der Waals surface area contributed by atoms with E-state index in [-0.39, 0.29) is 26.8 Å². The number of nitrogens with one attached hydrogen (secondary N) is 1. The number of hydrogen-bond acceptors (Lipinski definition) is 2. The zero-order chi connectivity index (χ0) is 28.2. The summed E-state index contributed by atoms with van der Waals surface area (Å²) in [7, 11) is 1.69. The van der Waals surface area contributed by atoms with Gasteiger partial charge in [-0.3, -0.25) is 0 Å². The number of aromatic hydroxyl groups is 1. The zero-order valence-electron chi connectivity index (χ0n) is 23.3. The Kier molecular flexibility index (Phi) is 6.93. The summed E-state index contributed by atoms with van der Waals surface area (Å²) in [5.41, 5.74) is 6.67. The molecule has 208 valence electrons. The summed E-state index contributed by atoms with van der Waals surface area (Å²) in [6.45, 7) is 0. The average Bonchev–Trinajstić information content (AvgIpc) is 3.71. The number of para-hydroxylation sites is 3. The summed E-state index contributed by atoms with van der Waals surface area (Å²) in [5, 5.41) is 21.4. The van der Waals surface area contributed by atoms with Crippen molar-refractivity contribution in [3.8, 4) is 11.4 Å². The van der Waals surface area contributed by atoms with Crippen LogP contribution in [0.4, 0.5) is 5.69 Å². The molecule has 0 saturated heterocycles. The van der Waals surface area contributed by atoms with Crippen molar-refractivity contribution < 1.29 is 26.2 Å². The van der Waals surface area contributed by atoms with Gasteiger partial charge in [-0.1, -0.05) is 90.6 Å². The molecule has 43 heavy (non-hydrogen) atoms. The molecule has 0 radical (unpaired) electrons. The minimum absolute atomic E-state index is 0. The third-order valence-corrected chi connectivity index (χ3v) is 9.20. The van der Waals surface area contributed by atoms with Crippen molar-refractivity contribution in [2.75, 3.05) is 7.05 Å². The Bertz CT molecular complexity index is 2380. The van der Waals surface area contributed by atoms with Gasteiger partial charge in [0.1, 0.15) is 5.75 Å². The van der Waals surface area contributed by atoms with Crippen molar-refractivity contribution in [2.24, 2.45) is 0 Å². The van der Waals surface area contributed by atoms with Crippen LogP contribution in [0.3, 0.4) is 0 Å². The summed E-state index contributed by atoms with van der Waals surface area (Å²) in [6, 6.07) is 44.4. The largest absolute Gasteiger partial charge is 0.684 e. The molecule has 0 saturated carbocycles. The number of phenolic OH excluding ortho intramolecular Hbond substituents is 1. The molecule has 6 aromatic carbocycles. The van der Waals surface area contributed by atoms with Crippen LogP contribution < -0.4 is 0 Å². The minimum Gasteiger partial charge on any atom is -0.684 e. The van der Waals surface area contributed by atoms with Gasteiger partial charge in [0.25, 0.3) is 0 Å². The summed E-state index contributed by atoms with van der Waals surface area (Å²) in [6.07, 6.45) is 0. The molecule has 3 heterocycles. The van der Waals surface area contributed by atoms with E-state index in [0.29, 0.717) is 5.69 Å². The molecule has 6 heteroatoms. The molecule has 9 rings (SSSR count). The molecular weight excluding hydrogens is 718 g/mol. The van der Waals surface area contributed by atoms with E-state index in [1.54, 1.807) is 18.4 Å². The topological polar surface area (TPSA) is 55.0 Å². The van der Waals surface area contributed by atoms with Gasteiger partial charge in [-0.05, 0) is 42.5 Å². The van der Waals surface area contributed by atoms with Crippen LogP contribution in [0.1, 0.15) is 0 Å². The van der Waals surface area contributed by atoms with Crippen molar-refractivity contribution in [3.63, 3.8) is 0 Å². The van der Waals surface area contributed by atoms with Crippen LogP contribution in [0.25, 0.3) is 74.8 Å². The molecular formula is C37H26N3OSW-. The molecule has 0 aliphatic heterocycles. The summed E-state index contributed by atoms with van der Waals surface area (Å²) < 4.78 is 4.66. The molecule has 0 amide bonds. The summed E-state index contributed by atoms with van der Waals surface area (Å²) in [4.78, 5) is 3.56. The number of hydrogen-bond donors (Lipinski definition) is 2. The Hall–Kier alpha value is -4.57. The van der Waals surface area contributed by atoms with Gasteiger partial charge in [-0.15, -0.1) is 18.4 Å². The molecule has 0 unspecified atom stereocenters. The van der Waals surface area contributed by atoms with Gasteiger partial charge in [0.05, 0.1) is 11.0 Å². The fourth-order valence-electron chi connectivity index (χ4n) is 6.15. The number of phenols is 1. The molecule has 0 fully saturated rings. The number of nitrogens with zero attached hydrogens (tertiary/aromatic N) is 2. The van der Waals surface area contributed by atoms with E-state index < -0.39 is 0 Å². The second-order valence-corrected chi connectivity index (χ2v) is 11.5. The normalized spacial score (nSPS) is 11.3. The first-order chi connectivity index (χ1) is 20.7. The minimum atomic E-state index is 0. The van der Waals surface area contributed by atoms with Gasteiger partial charge in [0.15, 0.2) is 0 Å². The average molecular weight is 745 g/mol. The van der Waals surface area contributed by atoms with Crippen molar-refractivity contribution >= 4 is 80.8 Å². The van der Waals surface area contributed by atoms with Crippen LogP contribution >= 0.6 is 11.3 Å². The summed E-state index contributed by atoms with van der Waals surface area (Å²) >= 11 is 1.69. The van der Waals surface area contributed by atoms with E-state index in [9.17, 15) is 5.11 Å². The predicted octanol–water partition coefficient (Wildman–Crippen LogP) is 10.8. The van der Waals surface area contributed by atoms with Crippen molar-refractivity contribution in [2.45, 2.75) is 0 Å². The van der Waals surface area contributed by atoms with Crippen LogP contribution in [0.5, 0.6) is 5.75 Å². The fourth-order valence-corrected chi connectivity index (χ4v) is 7.26. The van der Waals surface area contributed by atoms with Gasteiger partial charge in [-0.25, -0.2) is 0 Å². The van der Waals surface area contributed by atoms with Crippen LogP contribution in [-0.2, 0) is 21.1 Å². The van der Waals surface area contributed by atoms with Crippen molar-refractivity contribution in [3.05, 3.63) is 133 Å². The SMILES string of the molecule is C[N-]c1ccc2sc3ccccc3c2c1O.[W].c1ccc2c(c1)[nH]c1cc(-n3c4ccccc4c4ccccc43)ccc12. The number of benzene rings is 6. The quantitative estimate of drug-likeness (QED) is 0.182. The number of H-pyrrole nitrogens is 1. The van der Waals surface area contributed by atoms with Gasteiger partial charge in [0, 0.05) is 79.5 Å². The van der Waals surface area contributed by atoms with Crippen LogP contribution in [0.15, 0.2) is 127 Å². The number of rotatable bonds is 2. The summed E-state index contributed by atoms with van der Waals surface area (Å²) in [5.74, 6) is 0.289. The maximum absolute atomic E-state index is 10.1. The van der Waals surface area contributed by atoms with Crippen LogP contribution in [0, 0.1) is 0 Å². The van der Waals surface area contributed by atoms with Crippen molar-refractivity contribution in [1.29, 1.82) is 0 Å². The van der Waals surface area contributed by atoms with E-state index >= 15 is 0 Å². The van der Waals surface area contributed by atoms with E-state index in [4.69, 9.17) is 0 Å². The monoisotopic (exact) mass is 744 g/mol. The van der Waals surface area contributed by atoms with Gasteiger partial charge in [0.2, 0.25) is 0 Å². The Morgan fingerprint density at radius 3 is 1.93 bits per heavy atom. The molecule has 3 aromatic heterocycles. The van der Waals surface area contributed by atoms with Crippen LogP contribution in [0.2, 0.25) is 0 Å². The second-order valence-electron chi connectivity index (χ2n) is 10.4. The van der Waals surface area contributed by atoms with E-state index in [1.807, 2.05) is 30.3 Å². The van der Waals surface area contributed by atoms with E-state index in [0.717, 1.165) is 15.5 Å². The Balaban J connectivity index is 0.000000153. The molecule has 4 nitrogen and oxygen atoms in total. The molecule has 0 aliphatic rings. The maximum Gasteiger partial charge on any atom is 0.110 e. The number of aromatic amines is 1. The molecule has 0 aliphatic carbocycles.